The normalized spacial score (nSPS) is 10.8. The van der Waals surface area contributed by atoms with Gasteiger partial charge in [-0.25, -0.2) is 4.98 Å². The average molecular weight is 391 g/mol. The molecule has 1 amide bonds. The molecule has 140 valence electrons. The SMILES string of the molecule is Cc1ccc2oc(-c3ccc(C)c(NC(=S)NC(=O)c4ccco4)c3)nc2c1. The number of rotatable bonds is 3. The van der Waals surface area contributed by atoms with E-state index in [0.29, 0.717) is 5.89 Å². The van der Waals surface area contributed by atoms with Gasteiger partial charge in [-0.2, -0.15) is 0 Å². The molecule has 0 aliphatic rings. The maximum Gasteiger partial charge on any atom is 0.293 e. The molecule has 0 spiro atoms. The van der Waals surface area contributed by atoms with Gasteiger partial charge in [-0.3, -0.25) is 10.1 Å². The second-order valence-corrected chi connectivity index (χ2v) is 6.81. The van der Waals surface area contributed by atoms with Crippen molar-refractivity contribution >= 4 is 40.0 Å². The number of aromatic nitrogens is 1. The number of anilines is 1. The van der Waals surface area contributed by atoms with Crippen LogP contribution in [-0.4, -0.2) is 16.0 Å². The van der Waals surface area contributed by atoms with Crippen LogP contribution < -0.4 is 10.6 Å². The van der Waals surface area contributed by atoms with Gasteiger partial charge in [0, 0.05) is 11.3 Å². The Morgan fingerprint density at radius 2 is 1.96 bits per heavy atom. The van der Waals surface area contributed by atoms with E-state index in [2.05, 4.69) is 15.6 Å². The van der Waals surface area contributed by atoms with Crippen molar-refractivity contribution in [2.45, 2.75) is 13.8 Å². The second kappa shape index (κ2) is 7.28. The quantitative estimate of drug-likeness (QED) is 0.487. The molecule has 28 heavy (non-hydrogen) atoms. The van der Waals surface area contributed by atoms with Gasteiger partial charge in [-0.05, 0) is 73.6 Å². The van der Waals surface area contributed by atoms with E-state index in [1.807, 2.05) is 50.2 Å². The van der Waals surface area contributed by atoms with Gasteiger partial charge in [0.25, 0.3) is 5.91 Å². The first-order valence-corrected chi connectivity index (χ1v) is 9.04. The zero-order valence-corrected chi connectivity index (χ0v) is 16.1. The van der Waals surface area contributed by atoms with Gasteiger partial charge >= 0.3 is 0 Å². The third kappa shape index (κ3) is 3.65. The second-order valence-electron chi connectivity index (χ2n) is 6.41. The molecule has 0 radical (unpaired) electrons. The summed E-state index contributed by atoms with van der Waals surface area (Å²) in [4.78, 5) is 16.6. The van der Waals surface area contributed by atoms with Gasteiger partial charge in [0.1, 0.15) is 5.52 Å². The minimum absolute atomic E-state index is 0.176. The van der Waals surface area contributed by atoms with Crippen LogP contribution in [0.1, 0.15) is 21.7 Å². The van der Waals surface area contributed by atoms with Crippen molar-refractivity contribution in [2.24, 2.45) is 0 Å². The number of carbonyl (C=O) groups excluding carboxylic acids is 1. The van der Waals surface area contributed by atoms with Crippen molar-refractivity contribution in [1.29, 1.82) is 0 Å². The van der Waals surface area contributed by atoms with Crippen molar-refractivity contribution in [2.75, 3.05) is 5.32 Å². The number of nitrogens with zero attached hydrogens (tertiary/aromatic N) is 1. The van der Waals surface area contributed by atoms with Gasteiger partial charge in [-0.15, -0.1) is 0 Å². The molecule has 6 nitrogen and oxygen atoms in total. The van der Waals surface area contributed by atoms with E-state index in [1.54, 1.807) is 12.1 Å². The summed E-state index contributed by atoms with van der Waals surface area (Å²) in [5, 5.41) is 5.81. The Morgan fingerprint density at radius 3 is 2.75 bits per heavy atom. The van der Waals surface area contributed by atoms with E-state index in [-0.39, 0.29) is 10.9 Å². The Hall–Kier alpha value is -3.45. The first-order valence-electron chi connectivity index (χ1n) is 8.63. The lowest BCUT2D eigenvalue weighted by atomic mass is 10.1. The molecule has 0 aliphatic heterocycles. The number of fused-ring (bicyclic) bond motifs is 1. The van der Waals surface area contributed by atoms with E-state index in [0.717, 1.165) is 33.5 Å². The van der Waals surface area contributed by atoms with Crippen molar-refractivity contribution < 1.29 is 13.6 Å². The number of furan rings is 1. The molecule has 0 aliphatic carbocycles. The summed E-state index contributed by atoms with van der Waals surface area (Å²) in [5.74, 6) is 0.302. The fourth-order valence-corrected chi connectivity index (χ4v) is 2.98. The molecule has 2 N–H and O–H groups in total. The molecule has 4 aromatic rings. The molecule has 0 fully saturated rings. The van der Waals surface area contributed by atoms with E-state index in [4.69, 9.17) is 21.1 Å². The third-order valence-corrected chi connectivity index (χ3v) is 4.45. The molecular formula is C21H17N3O3S. The summed E-state index contributed by atoms with van der Waals surface area (Å²) in [6.45, 7) is 3.96. The Kier molecular flexibility index (Phi) is 4.67. The smallest absolute Gasteiger partial charge is 0.293 e. The fraction of sp³-hybridized carbons (Fsp3) is 0.0952. The first-order chi connectivity index (χ1) is 13.5. The number of hydrogen-bond donors (Lipinski definition) is 2. The largest absolute Gasteiger partial charge is 0.459 e. The highest BCUT2D eigenvalue weighted by Gasteiger charge is 2.13. The van der Waals surface area contributed by atoms with E-state index in [9.17, 15) is 4.79 Å². The lowest BCUT2D eigenvalue weighted by molar-refractivity contribution is 0.0950. The third-order valence-electron chi connectivity index (χ3n) is 4.25. The first kappa shape index (κ1) is 17.9. The fourth-order valence-electron chi connectivity index (χ4n) is 2.78. The summed E-state index contributed by atoms with van der Waals surface area (Å²) < 4.78 is 10.9. The Morgan fingerprint density at radius 1 is 1.11 bits per heavy atom. The predicted molar refractivity (Wildman–Crippen MR) is 111 cm³/mol. The summed E-state index contributed by atoms with van der Waals surface area (Å²) in [6.07, 6.45) is 1.43. The number of aryl methyl sites for hydroxylation is 2. The molecular weight excluding hydrogens is 374 g/mol. The number of benzene rings is 2. The van der Waals surface area contributed by atoms with Gasteiger partial charge < -0.3 is 14.2 Å². The average Bonchev–Trinajstić information content (AvgIpc) is 3.32. The topological polar surface area (TPSA) is 80.3 Å². The molecule has 0 bridgehead atoms. The van der Waals surface area contributed by atoms with Gasteiger partial charge in [0.05, 0.1) is 6.26 Å². The Balaban J connectivity index is 1.56. The molecule has 4 rings (SSSR count). The summed E-state index contributed by atoms with van der Waals surface area (Å²) in [7, 11) is 0. The van der Waals surface area contributed by atoms with E-state index in [1.165, 1.54) is 6.26 Å². The maximum atomic E-state index is 12.0. The van der Waals surface area contributed by atoms with Gasteiger partial charge in [0.15, 0.2) is 16.5 Å². The van der Waals surface area contributed by atoms with Crippen molar-refractivity contribution in [3.63, 3.8) is 0 Å². The molecule has 2 heterocycles. The highest BCUT2D eigenvalue weighted by molar-refractivity contribution is 7.80. The Bertz CT molecular complexity index is 1180. The van der Waals surface area contributed by atoms with Crippen LogP contribution in [0, 0.1) is 13.8 Å². The Labute approximate surface area is 166 Å². The predicted octanol–water partition coefficient (Wildman–Crippen LogP) is 4.83. The van der Waals surface area contributed by atoms with E-state index >= 15 is 0 Å². The van der Waals surface area contributed by atoms with Crippen LogP contribution in [0.25, 0.3) is 22.6 Å². The molecule has 0 atom stereocenters. The maximum absolute atomic E-state index is 12.0. The molecule has 2 aromatic carbocycles. The van der Waals surface area contributed by atoms with E-state index < -0.39 is 5.91 Å². The summed E-state index contributed by atoms with van der Waals surface area (Å²) >= 11 is 5.25. The van der Waals surface area contributed by atoms with Crippen LogP contribution in [0.4, 0.5) is 5.69 Å². The minimum atomic E-state index is -0.411. The van der Waals surface area contributed by atoms with Crippen LogP contribution >= 0.6 is 12.2 Å². The number of thiocarbonyl (C=S) groups is 1. The zero-order chi connectivity index (χ0) is 19.7. The van der Waals surface area contributed by atoms with Crippen LogP contribution in [-0.2, 0) is 0 Å². The molecule has 0 unspecified atom stereocenters. The number of amides is 1. The van der Waals surface area contributed by atoms with Crippen LogP contribution in [0.15, 0.2) is 63.6 Å². The van der Waals surface area contributed by atoms with Crippen LogP contribution in [0.2, 0.25) is 0 Å². The molecule has 0 saturated carbocycles. The lowest BCUT2D eigenvalue weighted by Crippen LogP contribution is -2.34. The number of hydrogen-bond acceptors (Lipinski definition) is 5. The highest BCUT2D eigenvalue weighted by atomic mass is 32.1. The number of nitrogens with one attached hydrogen (secondary N) is 2. The summed E-state index contributed by atoms with van der Waals surface area (Å²) in [6, 6.07) is 14.8. The molecule has 0 saturated heterocycles. The monoisotopic (exact) mass is 391 g/mol. The van der Waals surface area contributed by atoms with Gasteiger partial charge in [0.2, 0.25) is 5.89 Å². The van der Waals surface area contributed by atoms with Crippen LogP contribution in [0.3, 0.4) is 0 Å². The summed E-state index contributed by atoms with van der Waals surface area (Å²) in [5.41, 5.74) is 5.19. The van der Waals surface area contributed by atoms with Crippen molar-refractivity contribution in [3.8, 4) is 11.5 Å². The number of carbonyl (C=O) groups is 1. The molecule has 7 heteroatoms. The standard InChI is InChI=1S/C21H17N3O3S/c1-12-5-8-17-16(10-12)22-20(27-17)14-7-6-13(2)15(11-14)23-21(28)24-19(25)18-4-3-9-26-18/h3-11H,1-2H3,(H2,23,24,25,28). The zero-order valence-electron chi connectivity index (χ0n) is 15.3. The van der Waals surface area contributed by atoms with Crippen LogP contribution in [0.5, 0.6) is 0 Å². The highest BCUT2D eigenvalue weighted by Crippen LogP contribution is 2.28. The lowest BCUT2D eigenvalue weighted by Gasteiger charge is -2.12. The van der Waals surface area contributed by atoms with Crippen molar-refractivity contribution in [3.05, 3.63) is 71.7 Å². The number of oxazole rings is 1. The van der Waals surface area contributed by atoms with Crippen molar-refractivity contribution in [1.82, 2.24) is 10.3 Å². The molecule has 2 aromatic heterocycles. The minimum Gasteiger partial charge on any atom is -0.459 e. The van der Waals surface area contributed by atoms with Gasteiger partial charge in [-0.1, -0.05) is 12.1 Å².